The second kappa shape index (κ2) is 7.58. The van der Waals surface area contributed by atoms with Crippen molar-refractivity contribution in [1.29, 1.82) is 0 Å². The lowest BCUT2D eigenvalue weighted by Crippen LogP contribution is -2.48. The van der Waals surface area contributed by atoms with Crippen molar-refractivity contribution in [2.75, 3.05) is 13.6 Å². The van der Waals surface area contributed by atoms with Crippen LogP contribution in [0.5, 0.6) is 0 Å². The fourth-order valence-corrected chi connectivity index (χ4v) is 0.843. The zero-order valence-electron chi connectivity index (χ0n) is 8.64. The first kappa shape index (κ1) is 13.1. The molecule has 0 spiro atoms. The summed E-state index contributed by atoms with van der Waals surface area (Å²) in [5, 5.41) is 0. The highest BCUT2D eigenvalue weighted by atomic mass is 16.2. The second-order valence-electron chi connectivity index (χ2n) is 2.12. The van der Waals surface area contributed by atoms with Gasteiger partial charge in [-0.05, 0) is 0 Å². The van der Waals surface area contributed by atoms with Crippen molar-refractivity contribution in [2.45, 2.75) is 34.6 Å². The summed E-state index contributed by atoms with van der Waals surface area (Å²) in [6, 6.07) is 0. The topological polar surface area (TPSA) is 20.3 Å². The van der Waals surface area contributed by atoms with Crippen LogP contribution in [0.15, 0.2) is 0 Å². The molecular formula is C9H21NO. The maximum atomic E-state index is 10.5. The van der Waals surface area contributed by atoms with Crippen molar-refractivity contribution in [3.05, 3.63) is 0 Å². The molecule has 0 bridgehead atoms. The van der Waals surface area contributed by atoms with Crippen molar-refractivity contribution in [3.63, 3.8) is 0 Å². The van der Waals surface area contributed by atoms with E-state index >= 15 is 0 Å². The molecule has 0 aromatic carbocycles. The van der Waals surface area contributed by atoms with Gasteiger partial charge in [0.05, 0.1) is 5.92 Å². The first-order chi connectivity index (χ1) is 5.22. The normalized spacial score (nSPS) is 20.4. The van der Waals surface area contributed by atoms with Crippen LogP contribution in [0.4, 0.5) is 0 Å². The van der Waals surface area contributed by atoms with Gasteiger partial charge in [-0.1, -0.05) is 34.6 Å². The van der Waals surface area contributed by atoms with Gasteiger partial charge in [-0.25, -0.2) is 0 Å². The predicted octanol–water partition coefficient (Wildman–Crippen LogP) is 2.15. The molecular weight excluding hydrogens is 138 g/mol. The molecule has 1 unspecified atom stereocenters. The Hall–Kier alpha value is -0.530. The largest absolute Gasteiger partial charge is 0.345 e. The summed E-state index contributed by atoms with van der Waals surface area (Å²) < 4.78 is 0. The summed E-state index contributed by atoms with van der Waals surface area (Å²) in [5.41, 5.74) is 0. The lowest BCUT2D eigenvalue weighted by molar-refractivity contribution is -0.144. The third-order valence-corrected chi connectivity index (χ3v) is 1.35. The minimum absolute atomic E-state index is 0.278. The zero-order valence-corrected chi connectivity index (χ0v) is 8.64. The molecule has 1 aliphatic heterocycles. The molecule has 0 saturated carbocycles. The number of β-lactam (4-membered cyclic amide) rings is 1. The van der Waals surface area contributed by atoms with Gasteiger partial charge in [-0.3, -0.25) is 4.79 Å². The molecule has 1 amide bonds. The molecule has 2 heteroatoms. The first-order valence-corrected chi connectivity index (χ1v) is 4.47. The van der Waals surface area contributed by atoms with Crippen LogP contribution in [-0.2, 0) is 4.79 Å². The van der Waals surface area contributed by atoms with Crippen LogP contribution in [0.2, 0.25) is 0 Å². The number of hydrogen-bond donors (Lipinski definition) is 0. The maximum Gasteiger partial charge on any atom is 0.226 e. The van der Waals surface area contributed by atoms with Gasteiger partial charge in [-0.15, -0.1) is 0 Å². The Bertz CT molecular complexity index is 91.7. The minimum atomic E-state index is 0.278. The Morgan fingerprint density at radius 1 is 1.27 bits per heavy atom. The van der Waals surface area contributed by atoms with Crippen LogP contribution in [0.3, 0.4) is 0 Å². The van der Waals surface area contributed by atoms with Crippen LogP contribution in [0, 0.1) is 5.92 Å². The molecule has 2 nitrogen and oxygen atoms in total. The lowest BCUT2D eigenvalue weighted by atomic mass is 10.0. The van der Waals surface area contributed by atoms with Crippen LogP contribution in [-0.4, -0.2) is 24.4 Å². The second-order valence-corrected chi connectivity index (χ2v) is 2.12. The summed E-state index contributed by atoms with van der Waals surface area (Å²) in [6.07, 6.45) is 0. The molecule has 0 N–H and O–H groups in total. The first-order valence-electron chi connectivity index (χ1n) is 4.47. The minimum Gasteiger partial charge on any atom is -0.345 e. The highest BCUT2D eigenvalue weighted by molar-refractivity contribution is 5.83. The molecule has 1 fully saturated rings. The van der Waals surface area contributed by atoms with E-state index in [9.17, 15) is 4.79 Å². The number of rotatable bonds is 0. The average molecular weight is 159 g/mol. The van der Waals surface area contributed by atoms with E-state index in [0.717, 1.165) is 6.54 Å². The number of nitrogens with zero attached hydrogens (tertiary/aromatic N) is 1. The van der Waals surface area contributed by atoms with E-state index in [1.807, 2.05) is 41.7 Å². The van der Waals surface area contributed by atoms with Gasteiger partial charge < -0.3 is 4.90 Å². The average Bonchev–Trinajstić information content (AvgIpc) is 2.12. The SMILES string of the molecule is CC.CC.CC1CN(C)C1=O. The summed E-state index contributed by atoms with van der Waals surface area (Å²) in [4.78, 5) is 12.2. The number of hydrogen-bond acceptors (Lipinski definition) is 1. The van der Waals surface area contributed by atoms with Crippen molar-refractivity contribution in [3.8, 4) is 0 Å². The van der Waals surface area contributed by atoms with Gasteiger partial charge in [-0.2, -0.15) is 0 Å². The summed E-state index contributed by atoms with van der Waals surface area (Å²) in [5.74, 6) is 0.574. The van der Waals surface area contributed by atoms with E-state index < -0.39 is 0 Å². The molecule has 1 saturated heterocycles. The number of amides is 1. The number of carbonyl (C=O) groups excluding carboxylic acids is 1. The third-order valence-electron chi connectivity index (χ3n) is 1.35. The predicted molar refractivity (Wildman–Crippen MR) is 49.5 cm³/mol. The van der Waals surface area contributed by atoms with Gasteiger partial charge in [0, 0.05) is 13.6 Å². The van der Waals surface area contributed by atoms with E-state index in [0.29, 0.717) is 5.92 Å². The van der Waals surface area contributed by atoms with E-state index in [-0.39, 0.29) is 5.91 Å². The number of likely N-dealkylation sites (tertiary alicyclic amines) is 1. The van der Waals surface area contributed by atoms with Crippen LogP contribution >= 0.6 is 0 Å². The smallest absolute Gasteiger partial charge is 0.226 e. The highest BCUT2D eigenvalue weighted by Gasteiger charge is 2.28. The van der Waals surface area contributed by atoms with E-state index in [4.69, 9.17) is 0 Å². The maximum absolute atomic E-state index is 10.5. The number of carbonyl (C=O) groups is 1. The van der Waals surface area contributed by atoms with Crippen molar-refractivity contribution >= 4 is 5.91 Å². The van der Waals surface area contributed by atoms with Crippen LogP contribution in [0.25, 0.3) is 0 Å². The van der Waals surface area contributed by atoms with Crippen molar-refractivity contribution in [1.82, 2.24) is 4.90 Å². The molecule has 1 atom stereocenters. The fraction of sp³-hybridized carbons (Fsp3) is 0.889. The van der Waals surface area contributed by atoms with Gasteiger partial charge in [0.2, 0.25) is 5.91 Å². The highest BCUT2D eigenvalue weighted by Crippen LogP contribution is 2.12. The van der Waals surface area contributed by atoms with E-state index in [2.05, 4.69) is 0 Å². The Kier molecular flexibility index (Phi) is 9.01. The van der Waals surface area contributed by atoms with Crippen molar-refractivity contribution in [2.24, 2.45) is 5.92 Å². The van der Waals surface area contributed by atoms with Crippen LogP contribution < -0.4 is 0 Å². The fourth-order valence-electron chi connectivity index (χ4n) is 0.843. The molecule has 0 aromatic heterocycles. The molecule has 0 aromatic rings. The Labute approximate surface area is 70.6 Å². The Morgan fingerprint density at radius 3 is 1.64 bits per heavy atom. The Balaban J connectivity index is 0. The van der Waals surface area contributed by atoms with E-state index in [1.54, 1.807) is 4.90 Å². The Morgan fingerprint density at radius 2 is 1.64 bits per heavy atom. The monoisotopic (exact) mass is 159 g/mol. The molecule has 0 aliphatic carbocycles. The zero-order chi connectivity index (χ0) is 9.44. The molecule has 1 heterocycles. The molecule has 0 radical (unpaired) electrons. The summed E-state index contributed by atoms with van der Waals surface area (Å²) in [6.45, 7) is 10.9. The van der Waals surface area contributed by atoms with Gasteiger partial charge >= 0.3 is 0 Å². The van der Waals surface area contributed by atoms with Crippen molar-refractivity contribution < 1.29 is 4.79 Å². The summed E-state index contributed by atoms with van der Waals surface area (Å²) in [7, 11) is 1.82. The standard InChI is InChI=1S/C5H9NO.2C2H6/c1-4-3-6(2)5(4)7;2*1-2/h4H,3H2,1-2H3;2*1-2H3. The van der Waals surface area contributed by atoms with E-state index in [1.165, 1.54) is 0 Å². The van der Waals surface area contributed by atoms with Gasteiger partial charge in [0.15, 0.2) is 0 Å². The molecule has 68 valence electrons. The molecule has 1 rings (SSSR count). The molecule has 1 aliphatic rings. The molecule has 11 heavy (non-hydrogen) atoms. The third kappa shape index (κ3) is 4.02. The summed E-state index contributed by atoms with van der Waals surface area (Å²) >= 11 is 0. The quantitative estimate of drug-likeness (QED) is 0.496. The lowest BCUT2D eigenvalue weighted by Gasteiger charge is -2.32. The van der Waals surface area contributed by atoms with Gasteiger partial charge in [0.1, 0.15) is 0 Å². The van der Waals surface area contributed by atoms with Crippen LogP contribution in [0.1, 0.15) is 34.6 Å². The van der Waals surface area contributed by atoms with Gasteiger partial charge in [0.25, 0.3) is 0 Å².